The molecule has 0 amide bonds. The zero-order valence-electron chi connectivity index (χ0n) is 15.6. The molecule has 0 N–H and O–H groups in total. The van der Waals surface area contributed by atoms with E-state index in [4.69, 9.17) is 0 Å². The number of para-hydroxylation sites is 1. The molecular weight excluding hydrogens is 358 g/mol. The molecule has 0 unspecified atom stereocenters. The Balaban J connectivity index is 1.65. The van der Waals surface area contributed by atoms with Gasteiger partial charge in [0, 0.05) is 33.2 Å². The Morgan fingerprint density at radius 1 is 0.655 bits per heavy atom. The van der Waals surface area contributed by atoms with Gasteiger partial charge >= 0.3 is 0 Å². The third-order valence-corrected chi connectivity index (χ3v) is 5.26. The second-order valence-electron chi connectivity index (χ2n) is 6.99. The molecule has 5 aromatic rings. The Labute approximate surface area is 167 Å². The van der Waals surface area contributed by atoms with Gasteiger partial charge in [0.1, 0.15) is 6.29 Å². The number of aldehydes is 1. The van der Waals surface area contributed by atoms with E-state index in [-0.39, 0.29) is 5.78 Å². The van der Waals surface area contributed by atoms with Crippen LogP contribution in [0.25, 0.3) is 27.5 Å². The van der Waals surface area contributed by atoms with Crippen molar-refractivity contribution in [3.63, 3.8) is 0 Å². The van der Waals surface area contributed by atoms with Crippen molar-refractivity contribution >= 4 is 33.9 Å². The Bertz CT molecular complexity index is 1360. The summed E-state index contributed by atoms with van der Waals surface area (Å²) in [6.07, 6.45) is 0.871. The topological polar surface area (TPSA) is 39.1 Å². The molecule has 0 spiro atoms. The van der Waals surface area contributed by atoms with Crippen molar-refractivity contribution in [3.05, 3.63) is 114 Å². The van der Waals surface area contributed by atoms with Crippen LogP contribution in [-0.2, 0) is 0 Å². The van der Waals surface area contributed by atoms with Gasteiger partial charge in [0.15, 0.2) is 5.78 Å². The molecule has 5 rings (SSSR count). The van der Waals surface area contributed by atoms with Crippen LogP contribution in [0.5, 0.6) is 0 Å². The van der Waals surface area contributed by atoms with E-state index in [2.05, 4.69) is 16.7 Å². The lowest BCUT2D eigenvalue weighted by molar-refractivity contribution is 0.103. The third-order valence-electron chi connectivity index (χ3n) is 5.26. The van der Waals surface area contributed by atoms with Crippen LogP contribution in [0.15, 0.2) is 97.1 Å². The number of benzene rings is 4. The van der Waals surface area contributed by atoms with Crippen molar-refractivity contribution < 1.29 is 9.59 Å². The van der Waals surface area contributed by atoms with E-state index in [0.717, 1.165) is 33.8 Å². The summed E-state index contributed by atoms with van der Waals surface area (Å²) in [5, 5.41) is 2.13. The minimum Gasteiger partial charge on any atom is -0.309 e. The maximum atomic E-state index is 12.7. The van der Waals surface area contributed by atoms with E-state index >= 15 is 0 Å². The summed E-state index contributed by atoms with van der Waals surface area (Å²) in [5.74, 6) is 0.00926. The molecule has 4 aromatic carbocycles. The number of carbonyl (C=O) groups excluding carboxylic acids is 2. The molecule has 0 aliphatic rings. The van der Waals surface area contributed by atoms with E-state index in [0.29, 0.717) is 16.7 Å². The van der Waals surface area contributed by atoms with E-state index < -0.39 is 0 Å². The first-order valence-corrected chi connectivity index (χ1v) is 9.45. The van der Waals surface area contributed by atoms with Crippen molar-refractivity contribution in [2.24, 2.45) is 0 Å². The molecule has 3 nitrogen and oxygen atoms in total. The number of rotatable bonds is 4. The fourth-order valence-electron chi connectivity index (χ4n) is 3.86. The fraction of sp³-hybridized carbons (Fsp3) is 0. The SMILES string of the molecule is O=Cc1ccc2c(c1)c1ccccc1n2-c1ccc(C(=O)c2ccccc2)cc1. The molecule has 138 valence electrons. The Hall–Kier alpha value is -3.98. The standard InChI is InChI=1S/C26H17NO2/c28-17-18-10-15-25-23(16-18)22-8-4-5-9-24(22)27(25)21-13-11-20(12-14-21)26(29)19-6-2-1-3-7-19/h1-17H. The summed E-state index contributed by atoms with van der Waals surface area (Å²) in [5.41, 5.74) is 5.05. The van der Waals surface area contributed by atoms with Gasteiger partial charge in [-0.2, -0.15) is 0 Å². The third kappa shape index (κ3) is 2.84. The number of nitrogens with zero attached hydrogens (tertiary/aromatic N) is 1. The lowest BCUT2D eigenvalue weighted by Crippen LogP contribution is -2.01. The summed E-state index contributed by atoms with van der Waals surface area (Å²) in [7, 11) is 0. The number of hydrogen-bond donors (Lipinski definition) is 0. The zero-order valence-corrected chi connectivity index (χ0v) is 15.6. The molecule has 0 atom stereocenters. The fourth-order valence-corrected chi connectivity index (χ4v) is 3.86. The Morgan fingerprint density at radius 2 is 1.31 bits per heavy atom. The number of hydrogen-bond acceptors (Lipinski definition) is 2. The maximum Gasteiger partial charge on any atom is 0.193 e. The predicted molar refractivity (Wildman–Crippen MR) is 116 cm³/mol. The van der Waals surface area contributed by atoms with Crippen LogP contribution in [-0.4, -0.2) is 16.6 Å². The maximum absolute atomic E-state index is 12.7. The van der Waals surface area contributed by atoms with Crippen molar-refractivity contribution in [2.45, 2.75) is 0 Å². The molecule has 0 saturated heterocycles. The first kappa shape index (κ1) is 17.1. The number of carbonyl (C=O) groups is 2. The minimum atomic E-state index is 0.00926. The van der Waals surface area contributed by atoms with Crippen molar-refractivity contribution in [3.8, 4) is 5.69 Å². The highest BCUT2D eigenvalue weighted by Gasteiger charge is 2.13. The van der Waals surface area contributed by atoms with Gasteiger partial charge in [-0.15, -0.1) is 0 Å². The summed E-state index contributed by atoms with van der Waals surface area (Å²) in [4.78, 5) is 23.9. The molecule has 29 heavy (non-hydrogen) atoms. The first-order chi connectivity index (χ1) is 14.3. The zero-order chi connectivity index (χ0) is 19.8. The van der Waals surface area contributed by atoms with E-state index in [1.165, 1.54) is 0 Å². The first-order valence-electron chi connectivity index (χ1n) is 9.45. The molecule has 3 heteroatoms. The van der Waals surface area contributed by atoms with Crippen LogP contribution < -0.4 is 0 Å². The second kappa shape index (κ2) is 6.88. The molecule has 0 aliphatic carbocycles. The van der Waals surface area contributed by atoms with Crippen LogP contribution >= 0.6 is 0 Å². The largest absolute Gasteiger partial charge is 0.309 e. The van der Waals surface area contributed by atoms with E-state index in [1.807, 2.05) is 84.9 Å². The lowest BCUT2D eigenvalue weighted by Gasteiger charge is -2.09. The molecular formula is C26H17NO2. The molecule has 1 aromatic heterocycles. The van der Waals surface area contributed by atoms with E-state index in [1.54, 1.807) is 0 Å². The Kier molecular flexibility index (Phi) is 4.07. The number of fused-ring (bicyclic) bond motifs is 3. The van der Waals surface area contributed by atoms with E-state index in [9.17, 15) is 9.59 Å². The van der Waals surface area contributed by atoms with Crippen molar-refractivity contribution in [1.29, 1.82) is 0 Å². The van der Waals surface area contributed by atoms with Gasteiger partial charge in [0.25, 0.3) is 0 Å². The lowest BCUT2D eigenvalue weighted by atomic mass is 10.0. The number of aromatic nitrogens is 1. The van der Waals surface area contributed by atoms with Gasteiger partial charge in [-0.3, -0.25) is 9.59 Å². The molecule has 0 bridgehead atoms. The molecule has 0 saturated carbocycles. The highest BCUT2D eigenvalue weighted by atomic mass is 16.1. The highest BCUT2D eigenvalue weighted by molar-refractivity contribution is 6.11. The van der Waals surface area contributed by atoms with Gasteiger partial charge in [-0.25, -0.2) is 0 Å². The van der Waals surface area contributed by atoms with Crippen LogP contribution in [0.2, 0.25) is 0 Å². The summed E-state index contributed by atoms with van der Waals surface area (Å²) >= 11 is 0. The van der Waals surface area contributed by atoms with Gasteiger partial charge < -0.3 is 4.57 Å². The van der Waals surface area contributed by atoms with Gasteiger partial charge in [-0.1, -0.05) is 48.5 Å². The second-order valence-corrected chi connectivity index (χ2v) is 6.99. The van der Waals surface area contributed by atoms with Gasteiger partial charge in [0.2, 0.25) is 0 Å². The smallest absolute Gasteiger partial charge is 0.193 e. The van der Waals surface area contributed by atoms with Crippen molar-refractivity contribution in [2.75, 3.05) is 0 Å². The molecule has 0 radical (unpaired) electrons. The normalized spacial score (nSPS) is 11.0. The van der Waals surface area contributed by atoms with Crippen molar-refractivity contribution in [1.82, 2.24) is 4.57 Å². The number of ketones is 1. The van der Waals surface area contributed by atoms with Crippen LogP contribution in [0.3, 0.4) is 0 Å². The summed E-state index contributed by atoms with van der Waals surface area (Å²) in [6.45, 7) is 0. The van der Waals surface area contributed by atoms with Gasteiger partial charge in [0.05, 0.1) is 11.0 Å². The average molecular weight is 375 g/mol. The average Bonchev–Trinajstić information content (AvgIpc) is 3.13. The molecule has 1 heterocycles. The van der Waals surface area contributed by atoms with Crippen LogP contribution in [0.4, 0.5) is 0 Å². The van der Waals surface area contributed by atoms with Crippen LogP contribution in [0.1, 0.15) is 26.3 Å². The quantitative estimate of drug-likeness (QED) is 0.293. The predicted octanol–water partition coefficient (Wildman–Crippen LogP) is 5.83. The van der Waals surface area contributed by atoms with Gasteiger partial charge in [-0.05, 0) is 48.5 Å². The molecule has 0 fully saturated rings. The molecule has 0 aliphatic heterocycles. The summed E-state index contributed by atoms with van der Waals surface area (Å²) in [6, 6.07) is 30.8. The monoisotopic (exact) mass is 375 g/mol. The Morgan fingerprint density at radius 3 is 2.07 bits per heavy atom. The summed E-state index contributed by atoms with van der Waals surface area (Å²) < 4.78 is 2.16. The minimum absolute atomic E-state index is 0.00926. The van der Waals surface area contributed by atoms with Crippen LogP contribution in [0, 0.1) is 0 Å². The highest BCUT2D eigenvalue weighted by Crippen LogP contribution is 2.32.